The number of piperidine rings is 1. The zero-order valence-corrected chi connectivity index (χ0v) is 8.18. The number of benzene rings is 1. The van der Waals surface area contributed by atoms with E-state index >= 15 is 0 Å². The van der Waals surface area contributed by atoms with Crippen LogP contribution in [0.15, 0.2) is 24.3 Å². The Kier molecular flexibility index (Phi) is 1.60. The van der Waals surface area contributed by atoms with Crippen molar-refractivity contribution in [3.05, 3.63) is 29.8 Å². The van der Waals surface area contributed by atoms with Crippen LogP contribution in [0.25, 0.3) is 0 Å². The highest BCUT2D eigenvalue weighted by atomic mass is 16.2. The number of carbonyl (C=O) groups excluding carboxylic acids is 1. The second-order valence-corrected chi connectivity index (χ2v) is 4.18. The Morgan fingerprint density at radius 3 is 2.87 bits per heavy atom. The first kappa shape index (κ1) is 8.49. The van der Waals surface area contributed by atoms with E-state index in [-0.39, 0.29) is 11.8 Å². The molecule has 1 aromatic rings. The average molecular weight is 198 g/mol. The van der Waals surface area contributed by atoms with E-state index in [0.29, 0.717) is 11.5 Å². The standard InChI is InChI=1S/C12H10N2O/c13-6-8-3-1-2-4-11(8)14-7-9-5-10(9)12(14)15/h1-4,9-10H,5,7H2. The Morgan fingerprint density at radius 1 is 1.40 bits per heavy atom. The third kappa shape index (κ3) is 1.15. The van der Waals surface area contributed by atoms with Gasteiger partial charge in [0.25, 0.3) is 0 Å². The van der Waals surface area contributed by atoms with Gasteiger partial charge in [-0.1, -0.05) is 12.1 Å². The van der Waals surface area contributed by atoms with E-state index in [1.807, 2.05) is 18.2 Å². The van der Waals surface area contributed by atoms with Crippen LogP contribution in [0.4, 0.5) is 5.69 Å². The van der Waals surface area contributed by atoms with E-state index in [2.05, 4.69) is 6.07 Å². The minimum atomic E-state index is 0.197. The van der Waals surface area contributed by atoms with Crippen molar-refractivity contribution in [3.8, 4) is 6.07 Å². The minimum Gasteiger partial charge on any atom is -0.311 e. The molecule has 1 saturated heterocycles. The molecule has 1 aromatic carbocycles. The van der Waals surface area contributed by atoms with Gasteiger partial charge in [-0.2, -0.15) is 5.26 Å². The molecule has 1 aliphatic heterocycles. The molecular formula is C12H10N2O. The van der Waals surface area contributed by atoms with Crippen molar-refractivity contribution in [2.75, 3.05) is 11.4 Å². The molecular weight excluding hydrogens is 188 g/mol. The number of nitrogens with zero attached hydrogens (tertiary/aromatic N) is 2. The first-order valence-electron chi connectivity index (χ1n) is 5.12. The van der Waals surface area contributed by atoms with Crippen LogP contribution in [-0.2, 0) is 4.79 Å². The van der Waals surface area contributed by atoms with Gasteiger partial charge in [0, 0.05) is 12.5 Å². The van der Waals surface area contributed by atoms with Gasteiger partial charge >= 0.3 is 0 Å². The average Bonchev–Trinajstić information content (AvgIpc) is 2.98. The molecule has 74 valence electrons. The quantitative estimate of drug-likeness (QED) is 0.687. The lowest BCUT2D eigenvalue weighted by atomic mass is 10.1. The summed E-state index contributed by atoms with van der Waals surface area (Å²) in [6.45, 7) is 0.794. The first-order chi connectivity index (χ1) is 7.31. The highest BCUT2D eigenvalue weighted by Gasteiger charge is 2.52. The van der Waals surface area contributed by atoms with Gasteiger partial charge in [-0.15, -0.1) is 0 Å². The topological polar surface area (TPSA) is 44.1 Å². The fraction of sp³-hybridized carbons (Fsp3) is 0.333. The molecule has 2 unspecified atom stereocenters. The summed E-state index contributed by atoms with van der Waals surface area (Å²) in [6.07, 6.45) is 1.05. The van der Waals surface area contributed by atoms with Crippen LogP contribution in [0.5, 0.6) is 0 Å². The zero-order chi connectivity index (χ0) is 10.4. The van der Waals surface area contributed by atoms with Crippen LogP contribution in [0.2, 0.25) is 0 Å². The van der Waals surface area contributed by atoms with Crippen LogP contribution in [0, 0.1) is 23.2 Å². The third-order valence-electron chi connectivity index (χ3n) is 3.24. The number of carbonyl (C=O) groups is 1. The van der Waals surface area contributed by atoms with E-state index < -0.39 is 0 Å². The van der Waals surface area contributed by atoms with Crippen LogP contribution < -0.4 is 4.90 Å². The molecule has 2 aliphatic rings. The second kappa shape index (κ2) is 2.83. The Labute approximate surface area is 87.9 Å². The van der Waals surface area contributed by atoms with E-state index in [1.54, 1.807) is 11.0 Å². The van der Waals surface area contributed by atoms with E-state index in [0.717, 1.165) is 18.7 Å². The van der Waals surface area contributed by atoms with Crippen molar-refractivity contribution in [1.29, 1.82) is 5.26 Å². The molecule has 0 aromatic heterocycles. The van der Waals surface area contributed by atoms with Crippen LogP contribution >= 0.6 is 0 Å². The molecule has 0 spiro atoms. The molecule has 0 N–H and O–H groups in total. The number of anilines is 1. The third-order valence-corrected chi connectivity index (χ3v) is 3.24. The second-order valence-electron chi connectivity index (χ2n) is 4.18. The molecule has 3 heteroatoms. The molecule has 0 radical (unpaired) electrons. The Morgan fingerprint density at radius 2 is 2.20 bits per heavy atom. The predicted molar refractivity (Wildman–Crippen MR) is 55.1 cm³/mol. The number of hydrogen-bond donors (Lipinski definition) is 0. The Balaban J connectivity index is 2.00. The molecule has 3 rings (SSSR count). The van der Waals surface area contributed by atoms with E-state index in [9.17, 15) is 4.79 Å². The molecule has 15 heavy (non-hydrogen) atoms. The summed E-state index contributed by atoms with van der Waals surface area (Å²) in [5.74, 6) is 0.990. The van der Waals surface area contributed by atoms with Gasteiger partial charge in [0.05, 0.1) is 11.3 Å². The predicted octanol–water partition coefficient (Wildman–Crippen LogP) is 1.54. The summed E-state index contributed by atoms with van der Waals surface area (Å²) < 4.78 is 0. The fourth-order valence-electron chi connectivity index (χ4n) is 2.30. The van der Waals surface area contributed by atoms with Crippen LogP contribution in [0.1, 0.15) is 12.0 Å². The molecule has 2 atom stereocenters. The highest BCUT2D eigenvalue weighted by molar-refractivity contribution is 6.00. The molecule has 3 nitrogen and oxygen atoms in total. The molecule has 1 heterocycles. The van der Waals surface area contributed by atoms with Gasteiger partial charge in [0.15, 0.2) is 0 Å². The smallest absolute Gasteiger partial charge is 0.230 e. The summed E-state index contributed by atoms with van der Waals surface area (Å²) in [7, 11) is 0. The summed E-state index contributed by atoms with van der Waals surface area (Å²) >= 11 is 0. The number of fused-ring (bicyclic) bond motifs is 1. The SMILES string of the molecule is N#Cc1ccccc1N1CC2CC2C1=O. The van der Waals surface area contributed by atoms with Crippen molar-refractivity contribution in [3.63, 3.8) is 0 Å². The van der Waals surface area contributed by atoms with E-state index in [1.165, 1.54) is 0 Å². The summed E-state index contributed by atoms with van der Waals surface area (Å²) in [5.41, 5.74) is 1.37. The summed E-state index contributed by atoms with van der Waals surface area (Å²) in [4.78, 5) is 13.6. The van der Waals surface area contributed by atoms with Gasteiger partial charge in [-0.3, -0.25) is 4.79 Å². The van der Waals surface area contributed by atoms with Gasteiger partial charge < -0.3 is 4.90 Å². The van der Waals surface area contributed by atoms with Gasteiger partial charge in [-0.25, -0.2) is 0 Å². The van der Waals surface area contributed by atoms with E-state index in [4.69, 9.17) is 5.26 Å². The molecule has 1 amide bonds. The lowest BCUT2D eigenvalue weighted by Crippen LogP contribution is -2.28. The number of para-hydroxylation sites is 1. The first-order valence-corrected chi connectivity index (χ1v) is 5.12. The number of nitriles is 1. The van der Waals surface area contributed by atoms with Gasteiger partial charge in [0.1, 0.15) is 6.07 Å². The van der Waals surface area contributed by atoms with Crippen LogP contribution in [-0.4, -0.2) is 12.5 Å². The monoisotopic (exact) mass is 198 g/mol. The van der Waals surface area contributed by atoms with Crippen LogP contribution in [0.3, 0.4) is 0 Å². The van der Waals surface area contributed by atoms with Gasteiger partial charge in [0.2, 0.25) is 5.91 Å². The number of amides is 1. The van der Waals surface area contributed by atoms with Crippen molar-refractivity contribution < 1.29 is 4.79 Å². The van der Waals surface area contributed by atoms with Crippen molar-refractivity contribution in [2.45, 2.75) is 6.42 Å². The summed E-state index contributed by atoms with van der Waals surface area (Å²) in [6, 6.07) is 9.42. The maximum absolute atomic E-state index is 11.8. The summed E-state index contributed by atoms with van der Waals surface area (Å²) in [5, 5.41) is 8.95. The molecule has 1 saturated carbocycles. The fourth-order valence-corrected chi connectivity index (χ4v) is 2.30. The molecule has 2 fully saturated rings. The van der Waals surface area contributed by atoms with Crippen molar-refractivity contribution in [1.82, 2.24) is 0 Å². The van der Waals surface area contributed by atoms with Crippen molar-refractivity contribution >= 4 is 11.6 Å². The van der Waals surface area contributed by atoms with Gasteiger partial charge in [-0.05, 0) is 24.5 Å². The highest BCUT2D eigenvalue weighted by Crippen LogP contribution is 2.47. The number of hydrogen-bond acceptors (Lipinski definition) is 2. The Hall–Kier alpha value is -1.82. The number of rotatable bonds is 1. The maximum Gasteiger partial charge on any atom is 0.230 e. The Bertz CT molecular complexity index is 475. The normalized spacial score (nSPS) is 27.4. The van der Waals surface area contributed by atoms with Crippen molar-refractivity contribution in [2.24, 2.45) is 11.8 Å². The molecule has 1 aliphatic carbocycles. The zero-order valence-electron chi connectivity index (χ0n) is 8.18. The lowest BCUT2D eigenvalue weighted by molar-refractivity contribution is -0.118. The largest absolute Gasteiger partial charge is 0.311 e. The lowest BCUT2D eigenvalue weighted by Gasteiger charge is -2.19. The maximum atomic E-state index is 11.8. The molecule has 0 bridgehead atoms. The minimum absolute atomic E-state index is 0.197.